The highest BCUT2D eigenvalue weighted by Gasteiger charge is 2.55. The number of unbranched alkanes of at least 4 members (excludes halogenated alkanes) is 5. The normalized spacial score (nSPS) is 28.1. The van der Waals surface area contributed by atoms with Crippen LogP contribution in [-0.2, 0) is 90.5 Å². The van der Waals surface area contributed by atoms with Gasteiger partial charge in [0.05, 0.1) is 13.7 Å². The smallest absolute Gasteiger partial charge is 0.305 e. The first-order chi connectivity index (χ1) is 28.6. The Morgan fingerprint density at radius 2 is 1.05 bits per heavy atom. The monoisotopic (exact) mass is 809 g/mol. The van der Waals surface area contributed by atoms with Crippen LogP contribution in [-0.4, -0.2) is 136 Å². The van der Waals surface area contributed by atoms with E-state index in [2.05, 4.69) is 10.1 Å². The third-order valence-corrected chi connectivity index (χ3v) is 8.13. The van der Waals surface area contributed by atoms with E-state index in [0.29, 0.717) is 25.7 Å². The third-order valence-electron chi connectivity index (χ3n) is 8.13. The first kappa shape index (κ1) is 41.2. The van der Waals surface area contributed by atoms with Crippen molar-refractivity contribution >= 4 is 47.7 Å². The maximum atomic E-state index is 12.6. The van der Waals surface area contributed by atoms with E-state index in [0.717, 1.165) is 33.1 Å². The van der Waals surface area contributed by atoms with E-state index in [4.69, 9.17) is 52.9 Å². The number of hydrogen-bond donors (Lipinski definition) is 1. The molecule has 0 aromatic heterocycles. The Kier molecular flexibility index (Phi) is 17.9. The first-order valence-electron chi connectivity index (χ1n) is 20.5. The third kappa shape index (κ3) is 16.8. The molecule has 0 bridgehead atoms. The van der Waals surface area contributed by atoms with Crippen LogP contribution in [0.1, 0.15) is 98.8 Å². The standard InChI is InChI=1S/C36H55NO19/c1-19(38)37-29-32(52-23(5)42)30(50-21(3)40)27(55-35(29)47-16-14-12-10-9-11-13-15-28(45)46-8)18-49-36-34(54-25(7)44)33(53-24(6)43)31(51-22(4)41)26(56-36)17-48-20(2)39/h26-27,29-36H,9-18H2,1-8H3,(H,37,38)/t26-,27-,29+,30-,31+,32-,33+,34-,35+,36?/m1/s1/i2D,4D,6D,7D. The van der Waals surface area contributed by atoms with Gasteiger partial charge in [-0.1, -0.05) is 25.7 Å². The van der Waals surface area contributed by atoms with Crippen molar-refractivity contribution in [1.29, 1.82) is 0 Å². The number of nitrogens with one attached hydrogen (secondary N) is 1. The number of rotatable bonds is 21. The van der Waals surface area contributed by atoms with Gasteiger partial charge in [-0.3, -0.25) is 38.4 Å². The number of ether oxygens (including phenoxy) is 11. The van der Waals surface area contributed by atoms with Crippen molar-refractivity contribution in [2.24, 2.45) is 0 Å². The molecule has 2 heterocycles. The molecule has 0 spiro atoms. The van der Waals surface area contributed by atoms with Crippen molar-refractivity contribution in [2.45, 2.75) is 155 Å². The van der Waals surface area contributed by atoms with Gasteiger partial charge in [0.25, 0.3) is 0 Å². The molecule has 20 nitrogen and oxygen atoms in total. The summed E-state index contributed by atoms with van der Waals surface area (Å²) in [7, 11) is 1.33. The van der Waals surface area contributed by atoms with Crippen molar-refractivity contribution in [1.82, 2.24) is 5.32 Å². The molecular weight excluding hydrogens is 750 g/mol. The molecule has 2 saturated heterocycles. The number of amides is 1. The van der Waals surface area contributed by atoms with E-state index < -0.39 is 144 Å². The summed E-state index contributed by atoms with van der Waals surface area (Å²) >= 11 is 0. The highest BCUT2D eigenvalue weighted by atomic mass is 16.8. The van der Waals surface area contributed by atoms with Crippen LogP contribution in [0.2, 0.25) is 0 Å². The van der Waals surface area contributed by atoms with E-state index in [-0.39, 0.29) is 12.6 Å². The summed E-state index contributed by atoms with van der Waals surface area (Å²) < 4.78 is 90.8. The van der Waals surface area contributed by atoms with Crippen molar-refractivity contribution in [3.05, 3.63) is 0 Å². The summed E-state index contributed by atoms with van der Waals surface area (Å²) in [5, 5.41) is 2.62. The SMILES string of the molecule is [2H]CC(=O)OC[C@H]1OC(OC[C@H]2O[C@H](OCCCCCCCCC(=O)OC)[C@@H](NC(C)=O)[C@@H](OC(C)=O)[C@@H]2OC(C)=O)[C@H](OC(=O)C[2H])[C@@H](OC(=O)C[2H])[C@H]1OC(=O)C[2H]. The molecule has 0 aliphatic carbocycles. The lowest BCUT2D eigenvalue weighted by Crippen LogP contribution is -2.67. The second-order valence-electron chi connectivity index (χ2n) is 12.7. The van der Waals surface area contributed by atoms with E-state index >= 15 is 0 Å². The van der Waals surface area contributed by atoms with Crippen molar-refractivity contribution in [3.8, 4) is 0 Å². The number of carbonyl (C=O) groups is 8. The molecule has 2 fully saturated rings. The highest BCUT2D eigenvalue weighted by molar-refractivity contribution is 5.74. The molecule has 318 valence electrons. The topological polar surface area (TPSA) is 250 Å². The van der Waals surface area contributed by atoms with Gasteiger partial charge >= 0.3 is 41.8 Å². The lowest BCUT2D eigenvalue weighted by atomic mass is 9.95. The van der Waals surface area contributed by atoms with E-state index in [9.17, 15) is 38.4 Å². The summed E-state index contributed by atoms with van der Waals surface area (Å²) in [6, 6.07) is -1.24. The molecule has 56 heavy (non-hydrogen) atoms. The Morgan fingerprint density at radius 1 is 0.554 bits per heavy atom. The number of hydrogen-bond acceptors (Lipinski definition) is 19. The molecule has 20 heteroatoms. The Balaban J connectivity index is 2.49. The van der Waals surface area contributed by atoms with Gasteiger partial charge < -0.3 is 57.4 Å². The van der Waals surface area contributed by atoms with Gasteiger partial charge in [-0.25, -0.2) is 0 Å². The fourth-order valence-corrected chi connectivity index (χ4v) is 5.98. The maximum Gasteiger partial charge on any atom is 0.305 e. The Labute approximate surface area is 330 Å². The molecule has 10 atom stereocenters. The largest absolute Gasteiger partial charge is 0.469 e. The summed E-state index contributed by atoms with van der Waals surface area (Å²) in [4.78, 5) is 98.0. The highest BCUT2D eigenvalue weighted by Crippen LogP contribution is 2.32. The van der Waals surface area contributed by atoms with Crippen LogP contribution in [0.3, 0.4) is 0 Å². The summed E-state index contributed by atoms with van der Waals surface area (Å²) in [5.74, 6) is -7.21. The maximum absolute atomic E-state index is 12.6. The zero-order valence-corrected chi connectivity index (χ0v) is 31.9. The van der Waals surface area contributed by atoms with Gasteiger partial charge in [0, 0.05) is 66.9 Å². The number of carbonyl (C=O) groups excluding carboxylic acids is 8. The molecule has 2 aliphatic heterocycles. The Bertz CT molecular complexity index is 1440. The second kappa shape index (κ2) is 24.3. The predicted octanol–water partition coefficient (Wildman–Crippen LogP) is 1.10. The van der Waals surface area contributed by atoms with Gasteiger partial charge in [-0.2, -0.15) is 0 Å². The molecule has 2 aliphatic rings. The van der Waals surface area contributed by atoms with E-state index in [1.54, 1.807) is 0 Å². The van der Waals surface area contributed by atoms with Gasteiger partial charge in [0.2, 0.25) is 5.91 Å². The van der Waals surface area contributed by atoms with Gasteiger partial charge in [-0.05, 0) is 12.8 Å². The lowest BCUT2D eigenvalue weighted by molar-refractivity contribution is -0.325. The molecule has 0 saturated carbocycles. The van der Waals surface area contributed by atoms with Crippen LogP contribution in [0.15, 0.2) is 0 Å². The van der Waals surface area contributed by atoms with Crippen LogP contribution >= 0.6 is 0 Å². The first-order valence-corrected chi connectivity index (χ1v) is 17.7. The molecule has 1 amide bonds. The Hall–Kier alpha value is -4.40. The lowest BCUT2D eigenvalue weighted by Gasteiger charge is -2.46. The average Bonchev–Trinajstić information content (AvgIpc) is 3.21. The zero-order chi connectivity index (χ0) is 44.8. The van der Waals surface area contributed by atoms with E-state index in [1.165, 1.54) is 14.0 Å². The fourth-order valence-electron chi connectivity index (χ4n) is 5.98. The molecule has 1 N–H and O–H groups in total. The van der Waals surface area contributed by atoms with Gasteiger partial charge in [-0.15, -0.1) is 0 Å². The molecule has 0 aromatic carbocycles. The summed E-state index contributed by atoms with van der Waals surface area (Å²) in [5.41, 5.74) is 0. The van der Waals surface area contributed by atoms with Crippen LogP contribution in [0, 0.1) is 0 Å². The molecule has 1 unspecified atom stereocenters. The minimum atomic E-state index is -1.87. The summed E-state index contributed by atoms with van der Waals surface area (Å²) in [6.45, 7) is -1.74. The van der Waals surface area contributed by atoms with Gasteiger partial charge in [0.15, 0.2) is 43.1 Å². The average molecular weight is 810 g/mol. The van der Waals surface area contributed by atoms with Gasteiger partial charge in [0.1, 0.15) is 24.9 Å². The molecular formula is C36H55NO19. The number of methoxy groups -OCH3 is 1. The molecule has 0 aromatic rings. The molecule has 2 rings (SSSR count). The van der Waals surface area contributed by atoms with Crippen molar-refractivity contribution in [3.63, 3.8) is 0 Å². The predicted molar refractivity (Wildman–Crippen MR) is 186 cm³/mol. The van der Waals surface area contributed by atoms with Crippen LogP contribution in [0.4, 0.5) is 0 Å². The summed E-state index contributed by atoms with van der Waals surface area (Å²) in [6.07, 6.45) is -9.98. The van der Waals surface area contributed by atoms with Crippen LogP contribution in [0.25, 0.3) is 0 Å². The second-order valence-corrected chi connectivity index (χ2v) is 12.7. The minimum Gasteiger partial charge on any atom is -0.469 e. The van der Waals surface area contributed by atoms with Crippen LogP contribution in [0.5, 0.6) is 0 Å². The Morgan fingerprint density at radius 3 is 1.64 bits per heavy atom. The quantitative estimate of drug-likeness (QED) is 0.0968. The van der Waals surface area contributed by atoms with Crippen molar-refractivity contribution in [2.75, 3.05) is 26.9 Å². The van der Waals surface area contributed by atoms with E-state index in [1.807, 2.05) is 0 Å². The zero-order valence-electron chi connectivity index (χ0n) is 35.9. The molecule has 0 radical (unpaired) electrons. The minimum absolute atomic E-state index is 0.0819. The van der Waals surface area contributed by atoms with Crippen molar-refractivity contribution < 1.29 is 95.9 Å². The number of esters is 7. The fraction of sp³-hybridized carbons (Fsp3) is 0.778. The van der Waals surface area contributed by atoms with Crippen LogP contribution < -0.4 is 5.32 Å².